The molecule has 0 spiro atoms. The summed E-state index contributed by atoms with van der Waals surface area (Å²) in [4.78, 5) is 28.8. The Hall–Kier alpha value is -2.41. The van der Waals surface area contributed by atoms with Crippen LogP contribution in [0.4, 0.5) is 16.2 Å². The number of hydrogen-bond acceptors (Lipinski definition) is 7. The van der Waals surface area contributed by atoms with Crippen molar-refractivity contribution in [1.82, 2.24) is 13.5 Å². The van der Waals surface area contributed by atoms with Gasteiger partial charge in [0.05, 0.1) is 37.3 Å². The van der Waals surface area contributed by atoms with Crippen LogP contribution >= 0.6 is 0 Å². The zero-order valence-corrected chi connectivity index (χ0v) is 19.7. The van der Waals surface area contributed by atoms with Gasteiger partial charge in [-0.25, -0.2) is 9.59 Å². The van der Waals surface area contributed by atoms with E-state index >= 15 is 0 Å². The van der Waals surface area contributed by atoms with Crippen LogP contribution in [0.25, 0.3) is 0 Å². The van der Waals surface area contributed by atoms with Crippen LogP contribution in [-0.4, -0.2) is 107 Å². The molecule has 3 aliphatic heterocycles. The highest BCUT2D eigenvalue weighted by molar-refractivity contribution is 7.86. The Morgan fingerprint density at radius 2 is 1.58 bits per heavy atom. The summed E-state index contributed by atoms with van der Waals surface area (Å²) in [5.74, 6) is -0.472. The van der Waals surface area contributed by atoms with Gasteiger partial charge < -0.3 is 24.6 Å². The highest BCUT2D eigenvalue weighted by Crippen LogP contribution is 2.31. The molecule has 3 fully saturated rings. The quantitative estimate of drug-likeness (QED) is 0.619. The number of carbonyl (C=O) groups excluding carboxylic acids is 2. The SMILES string of the molecule is COC(=O)c1ccc(N2CCCC2)c(NC(=O)N2CCN(S(=O)(=O)N3CCOCC3)CC2)c1. The lowest BCUT2D eigenvalue weighted by molar-refractivity contribution is 0.0600. The minimum atomic E-state index is -3.56. The molecule has 0 aliphatic carbocycles. The van der Waals surface area contributed by atoms with Crippen LogP contribution in [0.1, 0.15) is 23.2 Å². The van der Waals surface area contributed by atoms with Crippen molar-refractivity contribution in [3.8, 4) is 0 Å². The Labute approximate surface area is 194 Å². The molecular formula is C21H31N5O6S. The average Bonchev–Trinajstić information content (AvgIpc) is 3.39. The van der Waals surface area contributed by atoms with Crippen LogP contribution < -0.4 is 10.2 Å². The van der Waals surface area contributed by atoms with E-state index in [1.165, 1.54) is 15.7 Å². The minimum Gasteiger partial charge on any atom is -0.465 e. The molecule has 3 aliphatic rings. The first kappa shape index (κ1) is 23.7. The number of piperazine rings is 1. The molecule has 0 bridgehead atoms. The van der Waals surface area contributed by atoms with E-state index in [0.29, 0.717) is 37.6 Å². The number of amides is 2. The van der Waals surface area contributed by atoms with Crippen molar-refractivity contribution in [3.05, 3.63) is 23.8 Å². The monoisotopic (exact) mass is 481 g/mol. The second-order valence-corrected chi connectivity index (χ2v) is 10.2. The molecule has 3 saturated heterocycles. The summed E-state index contributed by atoms with van der Waals surface area (Å²) in [7, 11) is -2.24. The first-order chi connectivity index (χ1) is 15.9. The van der Waals surface area contributed by atoms with E-state index in [2.05, 4.69) is 10.2 Å². The topological polar surface area (TPSA) is 112 Å². The molecule has 0 atom stereocenters. The van der Waals surface area contributed by atoms with Gasteiger partial charge in [-0.05, 0) is 31.0 Å². The van der Waals surface area contributed by atoms with Crippen LogP contribution in [0.15, 0.2) is 18.2 Å². The van der Waals surface area contributed by atoms with Gasteiger partial charge >= 0.3 is 12.0 Å². The normalized spacial score (nSPS) is 20.6. The lowest BCUT2D eigenvalue weighted by atomic mass is 10.1. The third-order valence-corrected chi connectivity index (χ3v) is 8.29. The summed E-state index contributed by atoms with van der Waals surface area (Å²) in [5, 5.41) is 2.94. The minimum absolute atomic E-state index is 0.230. The van der Waals surface area contributed by atoms with Gasteiger partial charge in [0.1, 0.15) is 0 Å². The number of urea groups is 1. The summed E-state index contributed by atoms with van der Waals surface area (Å²) < 4.78 is 38.6. The number of hydrogen-bond donors (Lipinski definition) is 1. The van der Waals surface area contributed by atoms with Gasteiger partial charge in [-0.1, -0.05) is 0 Å². The maximum atomic E-state index is 13.0. The molecule has 11 nitrogen and oxygen atoms in total. The zero-order valence-electron chi connectivity index (χ0n) is 18.9. The van der Waals surface area contributed by atoms with Crippen LogP contribution in [0.5, 0.6) is 0 Å². The maximum Gasteiger partial charge on any atom is 0.337 e. The molecule has 0 radical (unpaired) electrons. The molecule has 1 aromatic carbocycles. The molecular weight excluding hydrogens is 450 g/mol. The van der Waals surface area contributed by atoms with E-state index in [4.69, 9.17) is 9.47 Å². The van der Waals surface area contributed by atoms with E-state index in [-0.39, 0.29) is 32.2 Å². The van der Waals surface area contributed by atoms with Crippen molar-refractivity contribution < 1.29 is 27.5 Å². The first-order valence-electron chi connectivity index (χ1n) is 11.3. The Kier molecular flexibility index (Phi) is 7.37. The van der Waals surface area contributed by atoms with Gasteiger partial charge in [0.15, 0.2) is 0 Å². The molecule has 1 N–H and O–H groups in total. The molecule has 4 rings (SSSR count). The first-order valence-corrected chi connectivity index (χ1v) is 12.7. The van der Waals surface area contributed by atoms with Crippen molar-refractivity contribution in [2.45, 2.75) is 12.8 Å². The van der Waals surface area contributed by atoms with E-state index in [1.54, 1.807) is 17.0 Å². The Bertz CT molecular complexity index is 967. The molecule has 1 aromatic rings. The fourth-order valence-corrected chi connectivity index (χ4v) is 5.93. The lowest BCUT2D eigenvalue weighted by Crippen LogP contribution is -2.56. The number of anilines is 2. The maximum absolute atomic E-state index is 13.0. The van der Waals surface area contributed by atoms with Gasteiger partial charge in [-0.15, -0.1) is 0 Å². The Balaban J connectivity index is 1.42. The fraction of sp³-hybridized carbons (Fsp3) is 0.619. The number of carbonyl (C=O) groups is 2. The van der Waals surface area contributed by atoms with Crippen LogP contribution in [0.3, 0.4) is 0 Å². The van der Waals surface area contributed by atoms with Crippen molar-refractivity contribution in [3.63, 3.8) is 0 Å². The van der Waals surface area contributed by atoms with Crippen LogP contribution in [0, 0.1) is 0 Å². The van der Waals surface area contributed by atoms with Gasteiger partial charge in [0.2, 0.25) is 0 Å². The number of esters is 1. The van der Waals surface area contributed by atoms with Gasteiger partial charge in [-0.2, -0.15) is 17.0 Å². The molecule has 12 heteroatoms. The average molecular weight is 482 g/mol. The van der Waals surface area contributed by atoms with E-state index in [1.807, 2.05) is 6.07 Å². The Morgan fingerprint density at radius 1 is 0.939 bits per heavy atom. The summed E-state index contributed by atoms with van der Waals surface area (Å²) >= 11 is 0. The number of rotatable bonds is 5. The third kappa shape index (κ3) is 5.24. The predicted molar refractivity (Wildman–Crippen MR) is 123 cm³/mol. The molecule has 0 unspecified atom stereocenters. The van der Waals surface area contributed by atoms with Crippen LogP contribution in [-0.2, 0) is 19.7 Å². The van der Waals surface area contributed by atoms with E-state index < -0.39 is 16.2 Å². The van der Waals surface area contributed by atoms with Crippen molar-refractivity contribution >= 4 is 33.6 Å². The van der Waals surface area contributed by atoms with Gasteiger partial charge in [0, 0.05) is 52.4 Å². The number of methoxy groups -OCH3 is 1. The highest BCUT2D eigenvalue weighted by atomic mass is 32.2. The largest absolute Gasteiger partial charge is 0.465 e. The van der Waals surface area contributed by atoms with Crippen molar-refractivity contribution in [2.75, 3.05) is 82.9 Å². The molecule has 2 amide bonds. The zero-order chi connectivity index (χ0) is 23.4. The summed E-state index contributed by atoms with van der Waals surface area (Å²) in [5.41, 5.74) is 1.77. The van der Waals surface area contributed by atoms with Crippen molar-refractivity contribution in [2.24, 2.45) is 0 Å². The van der Waals surface area contributed by atoms with E-state index in [0.717, 1.165) is 31.6 Å². The van der Waals surface area contributed by atoms with Gasteiger partial charge in [0.25, 0.3) is 10.2 Å². The smallest absolute Gasteiger partial charge is 0.337 e. The summed E-state index contributed by atoms with van der Waals surface area (Å²) in [6, 6.07) is 4.85. The van der Waals surface area contributed by atoms with E-state index in [9.17, 15) is 18.0 Å². The highest BCUT2D eigenvalue weighted by Gasteiger charge is 2.34. The number of nitrogens with one attached hydrogen (secondary N) is 1. The van der Waals surface area contributed by atoms with Crippen molar-refractivity contribution in [1.29, 1.82) is 0 Å². The molecule has 0 aromatic heterocycles. The standard InChI is InChI=1S/C21H31N5O6S/c1-31-20(27)17-4-5-19(23-6-2-3-7-23)18(16-17)22-21(28)24-8-10-25(11-9-24)33(29,30)26-12-14-32-15-13-26/h4-5,16H,2-3,6-15H2,1H3,(H,22,28). The number of ether oxygens (including phenoxy) is 2. The number of nitrogens with zero attached hydrogens (tertiary/aromatic N) is 4. The summed E-state index contributed by atoms with van der Waals surface area (Å²) in [6.45, 7) is 4.28. The fourth-order valence-electron chi connectivity index (χ4n) is 4.37. The lowest BCUT2D eigenvalue weighted by Gasteiger charge is -2.37. The summed E-state index contributed by atoms with van der Waals surface area (Å²) in [6.07, 6.45) is 2.15. The number of benzene rings is 1. The van der Waals surface area contributed by atoms with Crippen LogP contribution in [0.2, 0.25) is 0 Å². The third-order valence-electron chi connectivity index (χ3n) is 6.25. The molecule has 3 heterocycles. The number of morpholine rings is 1. The Morgan fingerprint density at radius 3 is 2.21 bits per heavy atom. The van der Waals surface area contributed by atoms with Gasteiger partial charge in [-0.3, -0.25) is 0 Å². The molecule has 33 heavy (non-hydrogen) atoms. The molecule has 0 saturated carbocycles. The molecule has 182 valence electrons. The second-order valence-electron chi connectivity index (χ2n) is 8.25. The second kappa shape index (κ2) is 10.2. The predicted octanol–water partition coefficient (Wildman–Crippen LogP) is 0.800.